The number of aryl methyl sites for hydroxylation is 1. The number of rotatable bonds is 5. The molecule has 29 heavy (non-hydrogen) atoms. The van der Waals surface area contributed by atoms with Crippen molar-refractivity contribution in [1.82, 2.24) is 10.3 Å². The van der Waals surface area contributed by atoms with Crippen molar-refractivity contribution in [3.8, 4) is 5.75 Å². The summed E-state index contributed by atoms with van der Waals surface area (Å²) in [4.78, 5) is 17.8. The highest BCUT2D eigenvalue weighted by Crippen LogP contribution is 2.25. The smallest absolute Gasteiger partial charge is 0.253 e. The molecule has 144 valence electrons. The molecule has 0 atom stereocenters. The van der Waals surface area contributed by atoms with Crippen molar-refractivity contribution in [1.29, 1.82) is 0 Å². The maximum atomic E-state index is 13.2. The van der Waals surface area contributed by atoms with Crippen LogP contribution in [0.4, 0.5) is 0 Å². The molecule has 0 aliphatic heterocycles. The molecule has 1 heterocycles. The molecule has 1 aromatic heterocycles. The Morgan fingerprint density at radius 2 is 1.52 bits per heavy atom. The summed E-state index contributed by atoms with van der Waals surface area (Å²) >= 11 is 0. The molecule has 4 heteroatoms. The quantitative estimate of drug-likeness (QED) is 0.524. The van der Waals surface area contributed by atoms with E-state index in [1.165, 1.54) is 0 Å². The summed E-state index contributed by atoms with van der Waals surface area (Å²) < 4.78 is 5.27. The summed E-state index contributed by atoms with van der Waals surface area (Å²) in [5.74, 6) is 0.597. The van der Waals surface area contributed by atoms with Gasteiger partial charge in [-0.1, -0.05) is 60.7 Å². The number of benzene rings is 3. The van der Waals surface area contributed by atoms with Crippen molar-refractivity contribution in [3.05, 3.63) is 107 Å². The molecule has 0 aliphatic rings. The van der Waals surface area contributed by atoms with Gasteiger partial charge >= 0.3 is 0 Å². The van der Waals surface area contributed by atoms with E-state index in [0.29, 0.717) is 11.3 Å². The molecule has 0 saturated carbocycles. The van der Waals surface area contributed by atoms with Crippen molar-refractivity contribution < 1.29 is 9.53 Å². The van der Waals surface area contributed by atoms with Crippen molar-refractivity contribution in [2.45, 2.75) is 13.0 Å². The molecule has 0 aliphatic carbocycles. The number of amides is 1. The van der Waals surface area contributed by atoms with Gasteiger partial charge in [0.15, 0.2) is 0 Å². The molecule has 0 unspecified atom stereocenters. The standard InChI is InChI=1S/C25H22N2O2/c1-17-22(15-20-13-14-21(29-2)16-23(20)26-17)25(28)27-24(18-9-5-3-6-10-18)19-11-7-4-8-12-19/h3-16,24H,1-2H3,(H,27,28). The van der Waals surface area contributed by atoms with E-state index >= 15 is 0 Å². The van der Waals surface area contributed by atoms with E-state index in [-0.39, 0.29) is 11.9 Å². The van der Waals surface area contributed by atoms with E-state index in [1.54, 1.807) is 7.11 Å². The number of carbonyl (C=O) groups excluding carboxylic acids is 1. The van der Waals surface area contributed by atoms with Crippen molar-refractivity contribution in [2.24, 2.45) is 0 Å². The van der Waals surface area contributed by atoms with Crippen LogP contribution in [0.2, 0.25) is 0 Å². The number of methoxy groups -OCH3 is 1. The van der Waals surface area contributed by atoms with E-state index in [0.717, 1.165) is 27.8 Å². The summed E-state index contributed by atoms with van der Waals surface area (Å²) in [6.45, 7) is 1.86. The van der Waals surface area contributed by atoms with Gasteiger partial charge in [0, 0.05) is 11.5 Å². The van der Waals surface area contributed by atoms with Gasteiger partial charge in [0.05, 0.1) is 29.9 Å². The molecule has 4 nitrogen and oxygen atoms in total. The van der Waals surface area contributed by atoms with Gasteiger partial charge in [0.25, 0.3) is 5.91 Å². The maximum absolute atomic E-state index is 13.2. The summed E-state index contributed by atoms with van der Waals surface area (Å²) in [6.07, 6.45) is 0. The van der Waals surface area contributed by atoms with Crippen LogP contribution in [0.3, 0.4) is 0 Å². The Morgan fingerprint density at radius 3 is 2.10 bits per heavy atom. The van der Waals surface area contributed by atoms with E-state index in [4.69, 9.17) is 4.74 Å². The number of hydrogen-bond acceptors (Lipinski definition) is 3. The molecule has 0 saturated heterocycles. The van der Waals surface area contributed by atoms with Gasteiger partial charge in [-0.05, 0) is 36.2 Å². The Balaban J connectivity index is 1.70. The van der Waals surface area contributed by atoms with Crippen LogP contribution >= 0.6 is 0 Å². The molecule has 4 aromatic rings. The minimum Gasteiger partial charge on any atom is -0.497 e. The first-order valence-electron chi connectivity index (χ1n) is 9.52. The number of pyridine rings is 1. The van der Waals surface area contributed by atoms with Crippen LogP contribution in [-0.4, -0.2) is 18.0 Å². The topological polar surface area (TPSA) is 51.2 Å². The number of aromatic nitrogens is 1. The molecule has 0 radical (unpaired) electrons. The highest BCUT2D eigenvalue weighted by atomic mass is 16.5. The maximum Gasteiger partial charge on any atom is 0.253 e. The highest BCUT2D eigenvalue weighted by molar-refractivity contribution is 5.99. The Labute approximate surface area is 170 Å². The zero-order valence-corrected chi connectivity index (χ0v) is 16.4. The van der Waals surface area contributed by atoms with Crippen LogP contribution in [0.25, 0.3) is 10.9 Å². The second-order valence-corrected chi connectivity index (χ2v) is 6.91. The fourth-order valence-corrected chi connectivity index (χ4v) is 3.46. The first-order valence-corrected chi connectivity index (χ1v) is 9.52. The van der Waals surface area contributed by atoms with Crippen LogP contribution in [0, 0.1) is 6.92 Å². The van der Waals surface area contributed by atoms with Crippen LogP contribution in [-0.2, 0) is 0 Å². The minimum atomic E-state index is -0.240. The zero-order valence-electron chi connectivity index (χ0n) is 16.4. The molecule has 0 spiro atoms. The molecule has 1 amide bonds. The van der Waals surface area contributed by atoms with E-state index in [9.17, 15) is 4.79 Å². The monoisotopic (exact) mass is 382 g/mol. The molecule has 0 bridgehead atoms. The minimum absolute atomic E-state index is 0.148. The molecule has 3 aromatic carbocycles. The molecular weight excluding hydrogens is 360 g/mol. The predicted octanol–water partition coefficient (Wildman–Crippen LogP) is 5.07. The lowest BCUT2D eigenvalue weighted by atomic mass is 9.98. The summed E-state index contributed by atoms with van der Waals surface area (Å²) in [5.41, 5.74) is 4.12. The lowest BCUT2D eigenvalue weighted by molar-refractivity contribution is 0.0942. The number of nitrogens with one attached hydrogen (secondary N) is 1. The SMILES string of the molecule is COc1ccc2cc(C(=O)NC(c3ccccc3)c3ccccc3)c(C)nc2c1. The van der Waals surface area contributed by atoms with Crippen molar-refractivity contribution in [2.75, 3.05) is 7.11 Å². The third-order valence-corrected chi connectivity index (χ3v) is 5.00. The Kier molecular flexibility index (Phi) is 5.25. The summed E-state index contributed by atoms with van der Waals surface area (Å²) in [6, 6.07) is 27.3. The lowest BCUT2D eigenvalue weighted by Crippen LogP contribution is -2.30. The normalized spacial score (nSPS) is 10.9. The van der Waals surface area contributed by atoms with Gasteiger partial charge in [-0.2, -0.15) is 0 Å². The van der Waals surface area contributed by atoms with Gasteiger partial charge in [-0.15, -0.1) is 0 Å². The average molecular weight is 382 g/mol. The van der Waals surface area contributed by atoms with Crippen LogP contribution < -0.4 is 10.1 Å². The fraction of sp³-hybridized carbons (Fsp3) is 0.120. The van der Waals surface area contributed by atoms with E-state index < -0.39 is 0 Å². The molecule has 0 fully saturated rings. The third kappa shape index (κ3) is 3.97. The van der Waals surface area contributed by atoms with Gasteiger partial charge in [0.1, 0.15) is 5.75 Å². The van der Waals surface area contributed by atoms with Crippen LogP contribution in [0.15, 0.2) is 84.9 Å². The number of hydrogen-bond donors (Lipinski definition) is 1. The summed E-state index contributed by atoms with van der Waals surface area (Å²) in [7, 11) is 1.63. The average Bonchev–Trinajstić information content (AvgIpc) is 2.77. The van der Waals surface area contributed by atoms with Crippen LogP contribution in [0.5, 0.6) is 5.75 Å². The third-order valence-electron chi connectivity index (χ3n) is 5.00. The van der Waals surface area contributed by atoms with Crippen LogP contribution in [0.1, 0.15) is 33.2 Å². The molecule has 1 N–H and O–H groups in total. The van der Waals surface area contributed by atoms with Crippen molar-refractivity contribution >= 4 is 16.8 Å². The highest BCUT2D eigenvalue weighted by Gasteiger charge is 2.19. The Hall–Kier alpha value is -3.66. The Morgan fingerprint density at radius 1 is 0.897 bits per heavy atom. The lowest BCUT2D eigenvalue weighted by Gasteiger charge is -2.20. The zero-order chi connectivity index (χ0) is 20.2. The number of carbonyl (C=O) groups is 1. The fourth-order valence-electron chi connectivity index (χ4n) is 3.46. The second kappa shape index (κ2) is 8.15. The van der Waals surface area contributed by atoms with Gasteiger partial charge in [-0.25, -0.2) is 0 Å². The van der Waals surface area contributed by atoms with Crippen molar-refractivity contribution in [3.63, 3.8) is 0 Å². The van der Waals surface area contributed by atoms with Gasteiger partial charge < -0.3 is 10.1 Å². The van der Waals surface area contributed by atoms with E-state index in [1.807, 2.05) is 91.9 Å². The number of fused-ring (bicyclic) bond motifs is 1. The first-order chi connectivity index (χ1) is 14.2. The number of nitrogens with zero attached hydrogens (tertiary/aromatic N) is 1. The number of ether oxygens (including phenoxy) is 1. The van der Waals surface area contributed by atoms with E-state index in [2.05, 4.69) is 10.3 Å². The van der Waals surface area contributed by atoms with Gasteiger partial charge in [-0.3, -0.25) is 9.78 Å². The predicted molar refractivity (Wildman–Crippen MR) is 115 cm³/mol. The summed E-state index contributed by atoms with van der Waals surface area (Å²) in [5, 5.41) is 4.09. The second-order valence-electron chi connectivity index (χ2n) is 6.91. The first kappa shape index (κ1) is 18.7. The molecular formula is C25H22N2O2. The van der Waals surface area contributed by atoms with Gasteiger partial charge in [0.2, 0.25) is 0 Å². The molecule has 4 rings (SSSR count). The largest absolute Gasteiger partial charge is 0.497 e. The Bertz CT molecular complexity index is 1100.